The van der Waals surface area contributed by atoms with Crippen LogP contribution in [0.4, 0.5) is 0 Å². The lowest BCUT2D eigenvalue weighted by atomic mass is 9.85. The van der Waals surface area contributed by atoms with Crippen molar-refractivity contribution in [3.05, 3.63) is 53.9 Å². The van der Waals surface area contributed by atoms with E-state index in [0.717, 1.165) is 45.0 Å². The van der Waals surface area contributed by atoms with E-state index >= 15 is 0 Å². The number of H-pyrrole nitrogens is 1. The molecule has 0 bridgehead atoms. The van der Waals surface area contributed by atoms with Gasteiger partial charge >= 0.3 is 0 Å². The predicted molar refractivity (Wildman–Crippen MR) is 87.2 cm³/mol. The predicted octanol–water partition coefficient (Wildman–Crippen LogP) is 2.14. The molecular formula is C18H23N3O. The number of nitrogens with one attached hydrogen (secondary N) is 2. The van der Waals surface area contributed by atoms with Gasteiger partial charge in [-0.2, -0.15) is 0 Å². The third-order valence-corrected chi connectivity index (χ3v) is 4.95. The van der Waals surface area contributed by atoms with E-state index in [1.54, 1.807) is 0 Å². The van der Waals surface area contributed by atoms with Crippen LogP contribution in [0.25, 0.3) is 0 Å². The fraction of sp³-hybridized carbons (Fsp3) is 0.444. The first kappa shape index (κ1) is 13.9. The van der Waals surface area contributed by atoms with E-state index in [9.17, 15) is 0 Å². The Hall–Kier alpha value is -1.78. The summed E-state index contributed by atoms with van der Waals surface area (Å²) in [6.45, 7) is 5.02. The summed E-state index contributed by atoms with van der Waals surface area (Å²) in [6, 6.07) is 12.3. The molecule has 22 heavy (non-hydrogen) atoms. The average molecular weight is 297 g/mol. The summed E-state index contributed by atoms with van der Waals surface area (Å²) >= 11 is 0. The highest BCUT2D eigenvalue weighted by Gasteiger charge is 2.42. The number of hydrogen-bond donors (Lipinski definition) is 2. The number of benzene rings is 1. The van der Waals surface area contributed by atoms with Crippen LogP contribution in [0.5, 0.6) is 5.75 Å². The normalized spacial score (nSPS) is 24.5. The first-order valence-electron chi connectivity index (χ1n) is 8.18. The first-order chi connectivity index (χ1) is 10.9. The van der Waals surface area contributed by atoms with Gasteiger partial charge in [0.2, 0.25) is 0 Å². The molecule has 1 aromatic carbocycles. The zero-order valence-corrected chi connectivity index (χ0v) is 12.8. The molecule has 4 nitrogen and oxygen atoms in total. The van der Waals surface area contributed by atoms with Gasteiger partial charge in [0.25, 0.3) is 0 Å². The number of ether oxygens (including phenoxy) is 1. The van der Waals surface area contributed by atoms with Gasteiger partial charge in [-0.1, -0.05) is 18.2 Å². The van der Waals surface area contributed by atoms with Crippen LogP contribution in [0.15, 0.2) is 42.6 Å². The van der Waals surface area contributed by atoms with Gasteiger partial charge in [-0.15, -0.1) is 0 Å². The molecule has 1 aromatic heterocycles. The molecule has 2 aliphatic heterocycles. The van der Waals surface area contributed by atoms with Crippen molar-refractivity contribution >= 4 is 0 Å². The van der Waals surface area contributed by atoms with E-state index in [4.69, 9.17) is 4.74 Å². The summed E-state index contributed by atoms with van der Waals surface area (Å²) in [5.74, 6) is 0.958. The summed E-state index contributed by atoms with van der Waals surface area (Å²) < 4.78 is 5.83. The van der Waals surface area contributed by atoms with E-state index in [1.807, 2.05) is 30.3 Å². The minimum Gasteiger partial charge on any atom is -0.492 e. The number of likely N-dealkylation sites (tertiary alicyclic amines) is 1. The second-order valence-corrected chi connectivity index (χ2v) is 6.32. The van der Waals surface area contributed by atoms with Crippen molar-refractivity contribution in [1.29, 1.82) is 0 Å². The molecule has 2 aliphatic rings. The third-order valence-electron chi connectivity index (χ3n) is 4.95. The summed E-state index contributed by atoms with van der Waals surface area (Å²) in [5, 5.41) is 3.77. The van der Waals surface area contributed by atoms with Crippen LogP contribution < -0.4 is 10.1 Å². The van der Waals surface area contributed by atoms with Crippen LogP contribution in [0.3, 0.4) is 0 Å². The van der Waals surface area contributed by atoms with Gasteiger partial charge in [0.05, 0.1) is 5.54 Å². The highest BCUT2D eigenvalue weighted by molar-refractivity contribution is 5.34. The Balaban J connectivity index is 1.36. The monoisotopic (exact) mass is 297 g/mol. The number of para-hydroxylation sites is 1. The molecule has 116 valence electrons. The maximum absolute atomic E-state index is 5.83. The number of rotatable bonds is 4. The van der Waals surface area contributed by atoms with Gasteiger partial charge < -0.3 is 15.0 Å². The van der Waals surface area contributed by atoms with Crippen LogP contribution in [0.2, 0.25) is 0 Å². The number of aromatic nitrogens is 1. The standard InChI is InChI=1S/C18H23N3O/c1-2-4-15(5-3-1)22-13-12-21-11-8-18(14-21)16-6-9-19-17(16)7-10-20-18/h1-6,9,19-20H,7-8,10-14H2. The smallest absolute Gasteiger partial charge is 0.119 e. The molecular weight excluding hydrogens is 274 g/mol. The molecule has 1 atom stereocenters. The number of aromatic amines is 1. The first-order valence-corrected chi connectivity index (χ1v) is 8.18. The topological polar surface area (TPSA) is 40.3 Å². The lowest BCUT2D eigenvalue weighted by Crippen LogP contribution is -2.49. The Bertz CT molecular complexity index is 624. The molecule has 0 radical (unpaired) electrons. The SMILES string of the molecule is c1ccc(OCCN2CCC3(C2)NCCc2[nH]ccc23)cc1. The van der Waals surface area contributed by atoms with Crippen LogP contribution in [-0.4, -0.2) is 42.7 Å². The van der Waals surface area contributed by atoms with Crippen molar-refractivity contribution in [3.8, 4) is 5.75 Å². The second-order valence-electron chi connectivity index (χ2n) is 6.32. The minimum absolute atomic E-state index is 0.153. The summed E-state index contributed by atoms with van der Waals surface area (Å²) in [5.41, 5.74) is 3.05. The van der Waals surface area contributed by atoms with Gasteiger partial charge in [0.1, 0.15) is 12.4 Å². The minimum atomic E-state index is 0.153. The number of hydrogen-bond acceptors (Lipinski definition) is 3. The molecule has 0 aliphatic carbocycles. The van der Waals surface area contributed by atoms with Gasteiger partial charge in [0.15, 0.2) is 0 Å². The lowest BCUT2D eigenvalue weighted by molar-refractivity contribution is 0.219. The van der Waals surface area contributed by atoms with E-state index < -0.39 is 0 Å². The van der Waals surface area contributed by atoms with Crippen LogP contribution in [0.1, 0.15) is 17.7 Å². The molecule has 4 rings (SSSR count). The molecule has 1 fully saturated rings. The van der Waals surface area contributed by atoms with E-state index in [0.29, 0.717) is 0 Å². The number of nitrogens with zero attached hydrogens (tertiary/aromatic N) is 1. The Morgan fingerprint density at radius 2 is 2.09 bits per heavy atom. The molecule has 4 heteroatoms. The quantitative estimate of drug-likeness (QED) is 0.908. The van der Waals surface area contributed by atoms with Gasteiger partial charge in [-0.3, -0.25) is 4.90 Å². The molecule has 3 heterocycles. The fourth-order valence-electron chi connectivity index (χ4n) is 3.83. The van der Waals surface area contributed by atoms with Gasteiger partial charge in [0, 0.05) is 44.5 Å². The van der Waals surface area contributed by atoms with Gasteiger partial charge in [-0.25, -0.2) is 0 Å². The average Bonchev–Trinajstić information content (AvgIpc) is 3.18. The fourth-order valence-corrected chi connectivity index (χ4v) is 3.83. The summed E-state index contributed by atoms with van der Waals surface area (Å²) in [7, 11) is 0. The van der Waals surface area contributed by atoms with Crippen LogP contribution in [-0.2, 0) is 12.0 Å². The molecule has 1 spiro atoms. The van der Waals surface area contributed by atoms with Crippen molar-refractivity contribution in [2.45, 2.75) is 18.4 Å². The van der Waals surface area contributed by atoms with E-state index in [2.05, 4.69) is 27.5 Å². The van der Waals surface area contributed by atoms with Crippen molar-refractivity contribution in [1.82, 2.24) is 15.2 Å². The summed E-state index contributed by atoms with van der Waals surface area (Å²) in [6.07, 6.45) is 4.38. The maximum atomic E-state index is 5.83. The lowest BCUT2D eigenvalue weighted by Gasteiger charge is -2.35. The molecule has 1 saturated heterocycles. The Labute approximate surface area is 131 Å². The van der Waals surface area contributed by atoms with Crippen molar-refractivity contribution < 1.29 is 4.74 Å². The Kier molecular flexibility index (Phi) is 3.64. The summed E-state index contributed by atoms with van der Waals surface area (Å²) in [4.78, 5) is 5.92. The largest absolute Gasteiger partial charge is 0.492 e. The molecule has 0 amide bonds. The van der Waals surface area contributed by atoms with Gasteiger partial charge in [-0.05, 0) is 30.2 Å². The van der Waals surface area contributed by atoms with E-state index in [-0.39, 0.29) is 5.54 Å². The van der Waals surface area contributed by atoms with Crippen LogP contribution >= 0.6 is 0 Å². The molecule has 1 unspecified atom stereocenters. The Morgan fingerprint density at radius 3 is 3.00 bits per heavy atom. The van der Waals surface area contributed by atoms with Crippen molar-refractivity contribution in [2.75, 3.05) is 32.8 Å². The third kappa shape index (κ3) is 2.53. The zero-order chi connectivity index (χ0) is 14.8. The van der Waals surface area contributed by atoms with Crippen LogP contribution in [0, 0.1) is 0 Å². The molecule has 2 N–H and O–H groups in total. The molecule has 0 saturated carbocycles. The maximum Gasteiger partial charge on any atom is 0.119 e. The second kappa shape index (κ2) is 5.78. The Morgan fingerprint density at radius 1 is 1.18 bits per heavy atom. The highest BCUT2D eigenvalue weighted by atomic mass is 16.5. The van der Waals surface area contributed by atoms with Crippen molar-refractivity contribution in [3.63, 3.8) is 0 Å². The highest BCUT2D eigenvalue weighted by Crippen LogP contribution is 2.36. The number of fused-ring (bicyclic) bond motifs is 2. The zero-order valence-electron chi connectivity index (χ0n) is 12.8. The van der Waals surface area contributed by atoms with E-state index in [1.165, 1.54) is 17.7 Å². The van der Waals surface area contributed by atoms with Crippen molar-refractivity contribution in [2.24, 2.45) is 0 Å². The molecule has 2 aromatic rings.